The summed E-state index contributed by atoms with van der Waals surface area (Å²) in [5.41, 5.74) is -1.44. The van der Waals surface area contributed by atoms with E-state index in [1.165, 1.54) is 24.3 Å². The van der Waals surface area contributed by atoms with Gasteiger partial charge in [0.1, 0.15) is 15.1 Å². The van der Waals surface area contributed by atoms with E-state index in [-0.39, 0.29) is 19.3 Å². The van der Waals surface area contributed by atoms with Crippen LogP contribution < -0.4 is 0 Å². The van der Waals surface area contributed by atoms with E-state index in [4.69, 9.17) is 51.5 Å². The average molecular weight is 364 g/mol. The van der Waals surface area contributed by atoms with Crippen molar-refractivity contribution in [2.24, 2.45) is 5.41 Å². The molecule has 0 spiro atoms. The molecule has 0 saturated heterocycles. The van der Waals surface area contributed by atoms with Crippen LogP contribution in [0.5, 0.6) is 0 Å². The number of halogens is 4. The van der Waals surface area contributed by atoms with E-state index in [0.29, 0.717) is 0 Å². The van der Waals surface area contributed by atoms with E-state index >= 15 is 0 Å². The predicted molar refractivity (Wildman–Crippen MR) is 80.8 cm³/mol. The highest BCUT2D eigenvalue weighted by Crippen LogP contribution is 2.31. The Morgan fingerprint density at radius 3 is 1.75 bits per heavy atom. The van der Waals surface area contributed by atoms with Gasteiger partial charge in [-0.2, -0.15) is 0 Å². The van der Waals surface area contributed by atoms with Crippen molar-refractivity contribution in [1.29, 1.82) is 0 Å². The van der Waals surface area contributed by atoms with E-state index in [0.717, 1.165) is 0 Å². The molecular weight excluding hydrogens is 350 g/mol. The first kappa shape index (κ1) is 19.6. The number of hydrogen-bond donors (Lipinski definition) is 2. The Balaban J connectivity index is 5.22. The zero-order valence-electron chi connectivity index (χ0n) is 10.3. The number of carboxylic acids is 2. The third-order valence-electron chi connectivity index (χ3n) is 2.46. The molecule has 4 nitrogen and oxygen atoms in total. The van der Waals surface area contributed by atoms with Crippen LogP contribution in [0, 0.1) is 5.41 Å². The predicted octanol–water partition coefficient (Wildman–Crippen LogP) is 4.03. The summed E-state index contributed by atoms with van der Waals surface area (Å²) in [5, 5.41) is 18.0. The third-order valence-corrected chi connectivity index (χ3v) is 3.04. The van der Waals surface area contributed by atoms with Crippen molar-refractivity contribution in [1.82, 2.24) is 0 Å². The second kappa shape index (κ2) is 9.50. The van der Waals surface area contributed by atoms with E-state index in [2.05, 4.69) is 0 Å². The largest absolute Gasteiger partial charge is 0.481 e. The molecule has 0 heterocycles. The maximum atomic E-state index is 11.5. The first-order valence-electron chi connectivity index (χ1n) is 5.60. The molecule has 20 heavy (non-hydrogen) atoms. The Morgan fingerprint density at radius 2 is 1.45 bits per heavy atom. The standard InChI is InChI=1S/C12H14Cl4O4/c13-8(14)3-6-12(11(19)20,7-4-9(15)16)5-1-2-10(17)18/h3-4,6-9H,1-2,5H2,(H,17,18)(H,19,20)/b6-3+,7-4+. The zero-order valence-corrected chi connectivity index (χ0v) is 13.3. The van der Waals surface area contributed by atoms with E-state index in [1.807, 2.05) is 0 Å². The molecule has 0 aromatic carbocycles. The van der Waals surface area contributed by atoms with Crippen molar-refractivity contribution < 1.29 is 19.8 Å². The van der Waals surface area contributed by atoms with Crippen molar-refractivity contribution in [3.63, 3.8) is 0 Å². The van der Waals surface area contributed by atoms with Crippen LogP contribution >= 0.6 is 46.4 Å². The molecule has 0 fully saturated rings. The highest BCUT2D eigenvalue weighted by atomic mass is 35.5. The van der Waals surface area contributed by atoms with Gasteiger partial charge in [0.2, 0.25) is 0 Å². The fourth-order valence-electron chi connectivity index (χ4n) is 1.49. The highest BCUT2D eigenvalue weighted by Gasteiger charge is 2.33. The van der Waals surface area contributed by atoms with Crippen LogP contribution in [0.3, 0.4) is 0 Å². The van der Waals surface area contributed by atoms with Gasteiger partial charge in [0.05, 0.1) is 0 Å². The molecule has 2 N–H and O–H groups in total. The molecule has 8 heteroatoms. The summed E-state index contributed by atoms with van der Waals surface area (Å²) in [5.74, 6) is -2.17. The minimum absolute atomic E-state index is 0.0582. The Hall–Kier alpha value is -0.420. The fourth-order valence-corrected chi connectivity index (χ4v) is 1.78. The van der Waals surface area contributed by atoms with Crippen molar-refractivity contribution >= 4 is 58.3 Å². The molecule has 0 aromatic rings. The number of allylic oxidation sites excluding steroid dienone is 2. The van der Waals surface area contributed by atoms with Crippen molar-refractivity contribution in [2.45, 2.75) is 28.9 Å². The van der Waals surface area contributed by atoms with E-state index in [9.17, 15) is 14.7 Å². The van der Waals surface area contributed by atoms with Gasteiger partial charge in [0.15, 0.2) is 0 Å². The summed E-state index contributed by atoms with van der Waals surface area (Å²) >= 11 is 22.2. The van der Waals surface area contributed by atoms with E-state index < -0.39 is 27.0 Å². The van der Waals surface area contributed by atoms with E-state index in [1.54, 1.807) is 0 Å². The summed E-state index contributed by atoms with van der Waals surface area (Å²) in [4.78, 5) is 20.3. The normalized spacial score (nSPS) is 12.9. The lowest BCUT2D eigenvalue weighted by Gasteiger charge is -2.22. The van der Waals surface area contributed by atoms with Crippen LogP contribution in [0.4, 0.5) is 0 Å². The van der Waals surface area contributed by atoms with Crippen LogP contribution in [0.15, 0.2) is 24.3 Å². The SMILES string of the molecule is O=C(O)CCCC(/C=C/C(Cl)Cl)(/C=C/C(Cl)Cl)C(=O)O. The Morgan fingerprint density at radius 1 is 1.00 bits per heavy atom. The molecule has 0 unspecified atom stereocenters. The second-order valence-corrected chi connectivity index (χ2v) is 6.31. The zero-order chi connectivity index (χ0) is 15.8. The topological polar surface area (TPSA) is 74.6 Å². The van der Waals surface area contributed by atoms with Crippen LogP contribution in [-0.2, 0) is 9.59 Å². The Kier molecular flexibility index (Phi) is 9.30. The molecule has 0 amide bonds. The van der Waals surface area contributed by atoms with Gasteiger partial charge >= 0.3 is 11.9 Å². The molecule has 0 bridgehead atoms. The van der Waals surface area contributed by atoms with Gasteiger partial charge in [-0.1, -0.05) is 24.3 Å². The maximum absolute atomic E-state index is 11.5. The molecule has 0 rings (SSSR count). The number of hydrogen-bond acceptors (Lipinski definition) is 2. The van der Waals surface area contributed by atoms with Crippen LogP contribution in [0.2, 0.25) is 0 Å². The van der Waals surface area contributed by atoms with Crippen LogP contribution in [-0.4, -0.2) is 31.8 Å². The summed E-state index contributed by atoms with van der Waals surface area (Å²) in [7, 11) is 0. The number of carboxylic acid groups (broad SMARTS) is 2. The smallest absolute Gasteiger partial charge is 0.317 e. The van der Waals surface area contributed by atoms with Crippen LogP contribution in [0.25, 0.3) is 0 Å². The minimum atomic E-state index is -1.44. The summed E-state index contributed by atoms with van der Waals surface area (Å²) < 4.78 is 0. The molecular formula is C12H14Cl4O4. The second-order valence-electron chi connectivity index (χ2n) is 3.98. The lowest BCUT2D eigenvalue weighted by atomic mass is 9.82. The Labute approximate surface area is 136 Å². The first-order chi connectivity index (χ1) is 9.19. The maximum Gasteiger partial charge on any atom is 0.317 e. The summed E-state index contributed by atoms with van der Waals surface area (Å²) in [6.07, 6.45) is 5.32. The molecule has 0 aliphatic rings. The lowest BCUT2D eigenvalue weighted by molar-refractivity contribution is -0.144. The number of carbonyl (C=O) groups is 2. The molecule has 0 radical (unpaired) electrons. The van der Waals surface area contributed by atoms with Gasteiger partial charge in [0, 0.05) is 6.42 Å². The fraction of sp³-hybridized carbons (Fsp3) is 0.500. The van der Waals surface area contributed by atoms with Crippen molar-refractivity contribution in [3.8, 4) is 0 Å². The summed E-state index contributed by atoms with van der Waals surface area (Å²) in [6.45, 7) is 0. The highest BCUT2D eigenvalue weighted by molar-refractivity contribution is 6.46. The van der Waals surface area contributed by atoms with Crippen molar-refractivity contribution in [3.05, 3.63) is 24.3 Å². The molecule has 0 aromatic heterocycles. The minimum Gasteiger partial charge on any atom is -0.481 e. The molecule has 0 atom stereocenters. The molecule has 0 aliphatic carbocycles. The quantitative estimate of drug-likeness (QED) is 0.479. The first-order valence-corrected chi connectivity index (χ1v) is 7.34. The van der Waals surface area contributed by atoms with Gasteiger partial charge in [-0.25, -0.2) is 0 Å². The molecule has 114 valence electrons. The third kappa shape index (κ3) is 8.00. The summed E-state index contributed by atoms with van der Waals surface area (Å²) in [6, 6.07) is 0. The van der Waals surface area contributed by atoms with Gasteiger partial charge in [-0.15, -0.1) is 46.4 Å². The number of rotatable bonds is 9. The lowest BCUT2D eigenvalue weighted by Crippen LogP contribution is -2.27. The van der Waals surface area contributed by atoms with Crippen LogP contribution in [0.1, 0.15) is 19.3 Å². The van der Waals surface area contributed by atoms with Crippen molar-refractivity contribution in [2.75, 3.05) is 0 Å². The monoisotopic (exact) mass is 362 g/mol. The average Bonchev–Trinajstić information content (AvgIpc) is 2.31. The van der Waals surface area contributed by atoms with Gasteiger partial charge in [-0.3, -0.25) is 9.59 Å². The Bertz CT molecular complexity index is 373. The van der Waals surface area contributed by atoms with Gasteiger partial charge in [-0.05, 0) is 12.8 Å². The van der Waals surface area contributed by atoms with Gasteiger partial charge < -0.3 is 10.2 Å². The number of aliphatic carboxylic acids is 2. The van der Waals surface area contributed by atoms with Gasteiger partial charge in [0.25, 0.3) is 0 Å². The molecule has 0 aliphatic heterocycles. The molecule has 0 saturated carbocycles. The number of alkyl halides is 4.